The summed E-state index contributed by atoms with van der Waals surface area (Å²) in [5.41, 5.74) is 11.0. The molecular formula is C46H30N2. The molecule has 2 nitrogen and oxygen atoms in total. The van der Waals surface area contributed by atoms with E-state index in [1.807, 2.05) is 0 Å². The first-order chi connectivity index (χ1) is 23.8. The largest absolute Gasteiger partial charge is 0.315 e. The molecule has 8 aromatic carbocycles. The van der Waals surface area contributed by atoms with Gasteiger partial charge in [0.25, 0.3) is 0 Å². The molecule has 0 N–H and O–H groups in total. The molecule has 2 heteroatoms. The molecule has 224 valence electrons. The Balaban J connectivity index is 1.23. The van der Waals surface area contributed by atoms with Crippen molar-refractivity contribution in [3.8, 4) is 33.6 Å². The number of para-hydroxylation sites is 2. The van der Waals surface area contributed by atoms with Gasteiger partial charge >= 0.3 is 0 Å². The molecule has 0 fully saturated rings. The summed E-state index contributed by atoms with van der Waals surface area (Å²) >= 11 is 0. The minimum atomic E-state index is 1.15. The van der Waals surface area contributed by atoms with Gasteiger partial charge in [-0.2, -0.15) is 0 Å². The van der Waals surface area contributed by atoms with Crippen molar-refractivity contribution in [2.75, 3.05) is 0 Å². The van der Waals surface area contributed by atoms with Crippen LogP contribution in [-0.2, 0) is 0 Å². The maximum Gasteiger partial charge on any atom is 0.0788 e. The van der Waals surface area contributed by atoms with E-state index >= 15 is 0 Å². The fourth-order valence-electron chi connectivity index (χ4n) is 7.88. The van der Waals surface area contributed by atoms with Crippen LogP contribution < -0.4 is 0 Å². The molecule has 0 spiro atoms. The van der Waals surface area contributed by atoms with Crippen molar-refractivity contribution in [2.24, 2.45) is 0 Å². The molecule has 2 aromatic heterocycles. The average molecular weight is 611 g/mol. The molecule has 0 aliphatic rings. The standard InChI is InChI=1S/C46H30N2/c1-3-13-31(14-4-1)43-37-18-7-9-20-39(37)44(40-21-10-8-19-38(40)43)32-23-26-35(27-24-32)48-42-22-12-11-17-36(42)41-28-25-33-29-30-47(45(33)46(41)48)34-15-5-2-6-16-34/h1-30H. The highest BCUT2D eigenvalue weighted by Gasteiger charge is 2.19. The third-order valence-corrected chi connectivity index (χ3v) is 9.93. The van der Waals surface area contributed by atoms with Gasteiger partial charge in [0.15, 0.2) is 0 Å². The van der Waals surface area contributed by atoms with Crippen molar-refractivity contribution in [2.45, 2.75) is 0 Å². The van der Waals surface area contributed by atoms with Crippen LogP contribution in [0, 0.1) is 0 Å². The van der Waals surface area contributed by atoms with Crippen LogP contribution in [0.2, 0.25) is 0 Å². The van der Waals surface area contributed by atoms with Crippen molar-refractivity contribution in [1.82, 2.24) is 9.13 Å². The molecule has 10 aromatic rings. The van der Waals surface area contributed by atoms with Crippen LogP contribution in [0.4, 0.5) is 0 Å². The number of nitrogens with zero attached hydrogens (tertiary/aromatic N) is 2. The fourth-order valence-corrected chi connectivity index (χ4v) is 7.88. The summed E-state index contributed by atoms with van der Waals surface area (Å²) in [4.78, 5) is 0. The van der Waals surface area contributed by atoms with Gasteiger partial charge in [-0.3, -0.25) is 0 Å². The maximum atomic E-state index is 2.45. The average Bonchev–Trinajstić information content (AvgIpc) is 3.74. The van der Waals surface area contributed by atoms with E-state index in [1.54, 1.807) is 0 Å². The van der Waals surface area contributed by atoms with Gasteiger partial charge in [-0.05, 0) is 80.2 Å². The molecule has 48 heavy (non-hydrogen) atoms. The first kappa shape index (κ1) is 26.8. The van der Waals surface area contributed by atoms with E-state index in [4.69, 9.17) is 0 Å². The minimum absolute atomic E-state index is 1.15. The summed E-state index contributed by atoms with van der Waals surface area (Å²) in [5, 5.41) is 8.81. The second-order valence-corrected chi connectivity index (χ2v) is 12.5. The van der Waals surface area contributed by atoms with Gasteiger partial charge in [0.05, 0.1) is 16.6 Å². The van der Waals surface area contributed by atoms with E-state index in [0.29, 0.717) is 0 Å². The third kappa shape index (κ3) is 3.93. The Morgan fingerprint density at radius 3 is 1.46 bits per heavy atom. The molecular weight excluding hydrogens is 581 g/mol. The molecule has 10 rings (SSSR count). The Bertz CT molecular complexity index is 2750. The predicted molar refractivity (Wildman–Crippen MR) is 203 cm³/mol. The SMILES string of the molecule is c1ccc(-c2c3ccccc3c(-c3ccc(-n4c5ccccc5c5ccc6ccn(-c7ccccc7)c6c54)cc3)c3ccccc23)cc1. The number of hydrogen-bond acceptors (Lipinski definition) is 0. The number of hydrogen-bond donors (Lipinski definition) is 0. The molecule has 0 atom stereocenters. The van der Waals surface area contributed by atoms with Gasteiger partial charge in [-0.15, -0.1) is 0 Å². The molecule has 0 saturated heterocycles. The van der Waals surface area contributed by atoms with Crippen molar-refractivity contribution in [1.29, 1.82) is 0 Å². The lowest BCUT2D eigenvalue weighted by Gasteiger charge is -2.18. The second-order valence-electron chi connectivity index (χ2n) is 12.5. The van der Waals surface area contributed by atoms with Crippen LogP contribution >= 0.6 is 0 Å². The smallest absolute Gasteiger partial charge is 0.0788 e. The van der Waals surface area contributed by atoms with Gasteiger partial charge in [0.2, 0.25) is 0 Å². The van der Waals surface area contributed by atoms with Gasteiger partial charge in [-0.25, -0.2) is 0 Å². The lowest BCUT2D eigenvalue weighted by atomic mass is 9.86. The summed E-state index contributed by atoms with van der Waals surface area (Å²) in [6, 6.07) is 63.9. The Morgan fingerprint density at radius 2 is 0.833 bits per heavy atom. The van der Waals surface area contributed by atoms with E-state index in [9.17, 15) is 0 Å². The monoisotopic (exact) mass is 610 g/mol. The van der Waals surface area contributed by atoms with Crippen LogP contribution in [0.5, 0.6) is 0 Å². The molecule has 0 aliphatic carbocycles. The van der Waals surface area contributed by atoms with Gasteiger partial charge in [0.1, 0.15) is 0 Å². The Morgan fingerprint density at radius 1 is 0.312 bits per heavy atom. The van der Waals surface area contributed by atoms with Crippen LogP contribution in [0.1, 0.15) is 0 Å². The zero-order chi connectivity index (χ0) is 31.6. The van der Waals surface area contributed by atoms with E-state index < -0.39 is 0 Å². The number of fused-ring (bicyclic) bond motifs is 7. The zero-order valence-electron chi connectivity index (χ0n) is 26.2. The van der Waals surface area contributed by atoms with Crippen LogP contribution in [0.25, 0.3) is 87.9 Å². The van der Waals surface area contributed by atoms with Gasteiger partial charge in [-0.1, -0.05) is 140 Å². The molecule has 0 radical (unpaired) electrons. The Hall–Kier alpha value is -6.38. The van der Waals surface area contributed by atoms with Crippen molar-refractivity contribution < 1.29 is 0 Å². The lowest BCUT2D eigenvalue weighted by Crippen LogP contribution is -1.98. The topological polar surface area (TPSA) is 9.86 Å². The highest BCUT2D eigenvalue weighted by Crippen LogP contribution is 2.44. The molecule has 0 aliphatic heterocycles. The maximum absolute atomic E-state index is 2.45. The minimum Gasteiger partial charge on any atom is -0.315 e. The van der Waals surface area contributed by atoms with E-state index in [1.165, 1.54) is 76.5 Å². The Kier molecular flexibility index (Phi) is 5.91. The number of aromatic nitrogens is 2. The summed E-state index contributed by atoms with van der Waals surface area (Å²) < 4.78 is 4.78. The summed E-state index contributed by atoms with van der Waals surface area (Å²) in [5.74, 6) is 0. The summed E-state index contributed by atoms with van der Waals surface area (Å²) in [6.45, 7) is 0. The van der Waals surface area contributed by atoms with E-state index in [0.717, 1.165) is 11.4 Å². The zero-order valence-corrected chi connectivity index (χ0v) is 26.2. The summed E-state index contributed by atoms with van der Waals surface area (Å²) in [6.07, 6.45) is 2.19. The predicted octanol–water partition coefficient (Wildman–Crippen LogP) is 12.4. The lowest BCUT2D eigenvalue weighted by molar-refractivity contribution is 1.12. The van der Waals surface area contributed by atoms with Crippen molar-refractivity contribution in [3.63, 3.8) is 0 Å². The van der Waals surface area contributed by atoms with E-state index in [2.05, 4.69) is 191 Å². The molecule has 0 saturated carbocycles. The number of benzene rings is 8. The third-order valence-electron chi connectivity index (χ3n) is 9.93. The second kappa shape index (κ2) is 10.6. The Labute approximate surface area is 278 Å². The van der Waals surface area contributed by atoms with Crippen molar-refractivity contribution >= 4 is 54.3 Å². The summed E-state index contributed by atoms with van der Waals surface area (Å²) in [7, 11) is 0. The van der Waals surface area contributed by atoms with Crippen LogP contribution in [-0.4, -0.2) is 9.13 Å². The first-order valence-electron chi connectivity index (χ1n) is 16.5. The molecule has 0 amide bonds. The van der Waals surface area contributed by atoms with Crippen molar-refractivity contribution in [3.05, 3.63) is 182 Å². The fraction of sp³-hybridized carbons (Fsp3) is 0. The quantitative estimate of drug-likeness (QED) is 0.175. The van der Waals surface area contributed by atoms with Crippen LogP contribution in [0.3, 0.4) is 0 Å². The van der Waals surface area contributed by atoms with E-state index in [-0.39, 0.29) is 0 Å². The number of rotatable bonds is 4. The highest BCUT2D eigenvalue weighted by atomic mass is 15.0. The molecule has 0 unspecified atom stereocenters. The van der Waals surface area contributed by atoms with Gasteiger partial charge in [0, 0.05) is 33.7 Å². The van der Waals surface area contributed by atoms with Gasteiger partial charge < -0.3 is 9.13 Å². The first-order valence-corrected chi connectivity index (χ1v) is 16.5. The van der Waals surface area contributed by atoms with Crippen LogP contribution in [0.15, 0.2) is 182 Å². The normalized spacial score (nSPS) is 11.8. The highest BCUT2D eigenvalue weighted by molar-refractivity contribution is 6.22. The molecule has 2 heterocycles. The molecule has 0 bridgehead atoms.